The van der Waals surface area contributed by atoms with Crippen LogP contribution >= 0.6 is 11.6 Å². The summed E-state index contributed by atoms with van der Waals surface area (Å²) in [4.78, 5) is 11.9. The van der Waals surface area contributed by atoms with Gasteiger partial charge in [-0.1, -0.05) is 43.1 Å². The maximum Gasteiger partial charge on any atom is 0.165 e. The predicted molar refractivity (Wildman–Crippen MR) is 65.9 cm³/mol. The van der Waals surface area contributed by atoms with E-state index in [0.717, 1.165) is 18.4 Å². The summed E-state index contributed by atoms with van der Waals surface area (Å²) in [5.74, 6) is 0.0949. The fourth-order valence-electron chi connectivity index (χ4n) is 1.62. The number of hydrogen-bond donors (Lipinski definition) is 0. The van der Waals surface area contributed by atoms with E-state index in [9.17, 15) is 4.79 Å². The van der Waals surface area contributed by atoms with Crippen molar-refractivity contribution >= 4 is 17.4 Å². The first-order valence-corrected chi connectivity index (χ1v) is 5.85. The number of carbonyl (C=O) groups excluding carboxylic acids is 1. The summed E-state index contributed by atoms with van der Waals surface area (Å²) < 4.78 is 5.17. The topological polar surface area (TPSA) is 26.3 Å². The van der Waals surface area contributed by atoms with Gasteiger partial charge in [-0.2, -0.15) is 0 Å². The van der Waals surface area contributed by atoms with Gasteiger partial charge in [-0.05, 0) is 18.1 Å². The summed E-state index contributed by atoms with van der Waals surface area (Å²) in [7, 11) is 1.57. The molecule has 16 heavy (non-hydrogen) atoms. The van der Waals surface area contributed by atoms with E-state index in [0.29, 0.717) is 11.4 Å². The molecule has 88 valence electrons. The van der Waals surface area contributed by atoms with Crippen LogP contribution in [0.15, 0.2) is 24.3 Å². The molecule has 0 N–H and O–H groups in total. The average molecular weight is 241 g/mol. The third-order valence-electron chi connectivity index (χ3n) is 2.52. The molecular formula is C13H17ClO2. The minimum Gasteiger partial charge on any atom is -0.374 e. The predicted octanol–water partition coefficient (Wildman–Crippen LogP) is 3.27. The fourth-order valence-corrected chi connectivity index (χ4v) is 1.82. The van der Waals surface area contributed by atoms with Gasteiger partial charge >= 0.3 is 0 Å². The summed E-state index contributed by atoms with van der Waals surface area (Å²) in [6, 6.07) is 7.41. The zero-order valence-corrected chi connectivity index (χ0v) is 10.5. The Morgan fingerprint density at radius 1 is 1.44 bits per heavy atom. The van der Waals surface area contributed by atoms with Gasteiger partial charge in [0, 0.05) is 18.6 Å². The molecule has 0 aromatic heterocycles. The lowest BCUT2D eigenvalue weighted by Gasteiger charge is -2.13. The number of hydrogen-bond acceptors (Lipinski definition) is 2. The molecule has 0 radical (unpaired) electrons. The molecule has 0 amide bonds. The molecule has 2 nitrogen and oxygen atoms in total. The Balaban J connectivity index is 2.66. The monoisotopic (exact) mass is 240 g/mol. The molecule has 0 saturated heterocycles. The maximum atomic E-state index is 11.9. The van der Waals surface area contributed by atoms with Crippen LogP contribution in [0.3, 0.4) is 0 Å². The number of benzene rings is 1. The van der Waals surface area contributed by atoms with Crippen LogP contribution in [0.1, 0.15) is 25.3 Å². The Bertz CT molecular complexity index is 350. The van der Waals surface area contributed by atoms with Gasteiger partial charge in [-0.3, -0.25) is 4.79 Å². The second kappa shape index (κ2) is 6.66. The zero-order chi connectivity index (χ0) is 12.0. The van der Waals surface area contributed by atoms with Crippen LogP contribution in [-0.2, 0) is 16.0 Å². The molecule has 0 heterocycles. The lowest BCUT2D eigenvalue weighted by Crippen LogP contribution is -2.24. The standard InChI is InChI=1S/C13H17ClO2/c1-3-6-13(16-2)12(15)9-10-7-4-5-8-11(10)14/h4-5,7-8,13H,3,6,9H2,1-2H3. The van der Waals surface area contributed by atoms with Crippen LogP contribution in [0.4, 0.5) is 0 Å². The highest BCUT2D eigenvalue weighted by Crippen LogP contribution is 2.17. The van der Waals surface area contributed by atoms with E-state index < -0.39 is 0 Å². The lowest BCUT2D eigenvalue weighted by atomic mass is 10.0. The Morgan fingerprint density at radius 3 is 2.69 bits per heavy atom. The van der Waals surface area contributed by atoms with Crippen molar-refractivity contribution in [2.24, 2.45) is 0 Å². The fraction of sp³-hybridized carbons (Fsp3) is 0.462. The van der Waals surface area contributed by atoms with Crippen LogP contribution in [0.5, 0.6) is 0 Å². The van der Waals surface area contributed by atoms with Gasteiger partial charge in [0.25, 0.3) is 0 Å². The third kappa shape index (κ3) is 3.62. The first-order chi connectivity index (χ1) is 7.69. The second-order valence-electron chi connectivity index (χ2n) is 3.75. The Morgan fingerprint density at radius 2 is 2.12 bits per heavy atom. The van der Waals surface area contributed by atoms with Gasteiger partial charge in [0.2, 0.25) is 0 Å². The second-order valence-corrected chi connectivity index (χ2v) is 4.15. The first kappa shape index (κ1) is 13.2. The lowest BCUT2D eigenvalue weighted by molar-refractivity contribution is -0.128. The van der Waals surface area contributed by atoms with Crippen LogP contribution in [-0.4, -0.2) is 19.0 Å². The molecule has 0 saturated carbocycles. The molecule has 0 fully saturated rings. The molecule has 1 aromatic rings. The normalized spacial score (nSPS) is 12.4. The Labute approximate surface area is 102 Å². The van der Waals surface area contributed by atoms with Gasteiger partial charge < -0.3 is 4.74 Å². The van der Waals surface area contributed by atoms with Gasteiger partial charge in [0.1, 0.15) is 6.10 Å². The van der Waals surface area contributed by atoms with Crippen molar-refractivity contribution in [2.45, 2.75) is 32.3 Å². The van der Waals surface area contributed by atoms with Crippen LogP contribution < -0.4 is 0 Å². The van der Waals surface area contributed by atoms with Gasteiger partial charge in [-0.15, -0.1) is 0 Å². The van der Waals surface area contributed by atoms with E-state index in [1.165, 1.54) is 0 Å². The number of carbonyl (C=O) groups is 1. The van der Waals surface area contributed by atoms with E-state index in [2.05, 4.69) is 0 Å². The van der Waals surface area contributed by atoms with Gasteiger partial charge in [0.05, 0.1) is 0 Å². The maximum absolute atomic E-state index is 11.9. The van der Waals surface area contributed by atoms with Crippen LogP contribution in [0.25, 0.3) is 0 Å². The average Bonchev–Trinajstić information content (AvgIpc) is 2.29. The van der Waals surface area contributed by atoms with Crippen molar-refractivity contribution < 1.29 is 9.53 Å². The SMILES string of the molecule is CCCC(OC)C(=O)Cc1ccccc1Cl. The molecule has 0 aliphatic carbocycles. The molecule has 0 aliphatic heterocycles. The van der Waals surface area contributed by atoms with E-state index in [-0.39, 0.29) is 11.9 Å². The largest absolute Gasteiger partial charge is 0.374 e. The molecule has 0 aliphatic rings. The molecule has 1 unspecified atom stereocenters. The van der Waals surface area contributed by atoms with E-state index >= 15 is 0 Å². The first-order valence-electron chi connectivity index (χ1n) is 5.48. The van der Waals surface area contributed by atoms with E-state index in [1.807, 2.05) is 25.1 Å². The summed E-state index contributed by atoms with van der Waals surface area (Å²) in [6.07, 6.45) is 1.74. The molecular weight excluding hydrogens is 224 g/mol. The van der Waals surface area contributed by atoms with Crippen LogP contribution in [0.2, 0.25) is 5.02 Å². The van der Waals surface area contributed by atoms with Crippen molar-refractivity contribution in [3.8, 4) is 0 Å². The zero-order valence-electron chi connectivity index (χ0n) is 9.70. The van der Waals surface area contributed by atoms with Crippen molar-refractivity contribution in [3.05, 3.63) is 34.9 Å². The third-order valence-corrected chi connectivity index (χ3v) is 2.89. The minimum absolute atomic E-state index is 0.0949. The van der Waals surface area contributed by atoms with Crippen molar-refractivity contribution in [3.63, 3.8) is 0 Å². The quantitative estimate of drug-likeness (QED) is 0.763. The molecule has 1 aromatic carbocycles. The molecule has 0 spiro atoms. The number of methoxy groups -OCH3 is 1. The molecule has 1 atom stereocenters. The summed E-state index contributed by atoms with van der Waals surface area (Å²) in [5, 5.41) is 0.641. The van der Waals surface area contributed by atoms with Crippen molar-refractivity contribution in [2.75, 3.05) is 7.11 Å². The van der Waals surface area contributed by atoms with Crippen molar-refractivity contribution in [1.82, 2.24) is 0 Å². The molecule has 1 rings (SSSR count). The Kier molecular flexibility index (Phi) is 5.50. The summed E-state index contributed by atoms with van der Waals surface area (Å²) in [5.41, 5.74) is 0.868. The van der Waals surface area contributed by atoms with Crippen molar-refractivity contribution in [1.29, 1.82) is 0 Å². The Hall–Kier alpha value is -0.860. The molecule has 3 heteroatoms. The molecule has 0 bridgehead atoms. The smallest absolute Gasteiger partial charge is 0.165 e. The number of ketones is 1. The summed E-state index contributed by atoms with van der Waals surface area (Å²) in [6.45, 7) is 2.04. The number of Topliss-reactive ketones (excluding diaryl/α,β-unsaturated/α-hetero) is 1. The number of halogens is 1. The highest BCUT2D eigenvalue weighted by molar-refractivity contribution is 6.31. The van der Waals surface area contributed by atoms with Gasteiger partial charge in [0.15, 0.2) is 5.78 Å². The summed E-state index contributed by atoms with van der Waals surface area (Å²) >= 11 is 6.00. The minimum atomic E-state index is -0.304. The van der Waals surface area contributed by atoms with E-state index in [4.69, 9.17) is 16.3 Å². The highest BCUT2D eigenvalue weighted by atomic mass is 35.5. The number of rotatable bonds is 6. The highest BCUT2D eigenvalue weighted by Gasteiger charge is 2.17. The number of ether oxygens (including phenoxy) is 1. The van der Waals surface area contributed by atoms with Gasteiger partial charge in [-0.25, -0.2) is 0 Å². The van der Waals surface area contributed by atoms with E-state index in [1.54, 1.807) is 13.2 Å². The van der Waals surface area contributed by atoms with Crippen LogP contribution in [0, 0.1) is 0 Å².